The summed E-state index contributed by atoms with van der Waals surface area (Å²) in [6.45, 7) is -1.34. The molecule has 0 aliphatic heterocycles. The molecule has 0 aliphatic carbocycles. The number of nitrogens with one attached hydrogen (secondary N) is 3. The minimum Gasteiger partial charge on any atom is -0.481 e. The summed E-state index contributed by atoms with van der Waals surface area (Å²) in [4.78, 5) is 61.2. The molecule has 0 aromatic heterocycles. The number of aliphatic hydroxyl groups excluding tert-OH is 1. The van der Waals surface area contributed by atoms with Gasteiger partial charge in [-0.3, -0.25) is 24.2 Å². The van der Waals surface area contributed by atoms with Gasteiger partial charge in [0.25, 0.3) is 0 Å². The third kappa shape index (κ3) is 11.4. The molecule has 0 saturated heterocycles. The number of carboxylic acid groups (broad SMARTS) is 2. The van der Waals surface area contributed by atoms with Gasteiger partial charge in [0.05, 0.1) is 25.6 Å². The smallest absolute Gasteiger partial charge is 0.328 e. The Hall–Kier alpha value is -3.46. The van der Waals surface area contributed by atoms with Gasteiger partial charge in [-0.25, -0.2) is 4.79 Å². The van der Waals surface area contributed by atoms with Gasteiger partial charge < -0.3 is 48.5 Å². The van der Waals surface area contributed by atoms with Crippen molar-refractivity contribution in [3.8, 4) is 0 Å². The van der Waals surface area contributed by atoms with Gasteiger partial charge in [-0.2, -0.15) is 0 Å². The molecular formula is C15H27N7O8. The first-order valence-electron chi connectivity index (χ1n) is 8.71. The molecule has 0 aliphatic rings. The van der Waals surface area contributed by atoms with Crippen LogP contribution in [0, 0.1) is 0 Å². The fourth-order valence-corrected chi connectivity index (χ4v) is 2.05. The van der Waals surface area contributed by atoms with Crippen LogP contribution in [0.2, 0.25) is 0 Å². The van der Waals surface area contributed by atoms with Crippen molar-refractivity contribution in [3.63, 3.8) is 0 Å². The summed E-state index contributed by atoms with van der Waals surface area (Å²) in [5.74, 6) is -5.53. The van der Waals surface area contributed by atoms with Crippen molar-refractivity contribution >= 4 is 35.6 Å². The second-order valence-corrected chi connectivity index (χ2v) is 6.07. The lowest BCUT2D eigenvalue weighted by Crippen LogP contribution is -2.54. The summed E-state index contributed by atoms with van der Waals surface area (Å²) in [5, 5.41) is 32.8. The number of nitrogens with zero attached hydrogens (tertiary/aromatic N) is 1. The highest BCUT2D eigenvalue weighted by atomic mass is 16.4. The number of amides is 3. The van der Waals surface area contributed by atoms with Crippen LogP contribution >= 0.6 is 0 Å². The van der Waals surface area contributed by atoms with E-state index in [0.29, 0.717) is 0 Å². The van der Waals surface area contributed by atoms with Crippen molar-refractivity contribution in [3.05, 3.63) is 0 Å². The van der Waals surface area contributed by atoms with Crippen molar-refractivity contribution in [1.82, 2.24) is 16.0 Å². The molecule has 0 rings (SSSR count). The number of carbonyl (C=O) groups is 5. The lowest BCUT2D eigenvalue weighted by molar-refractivity contribution is -0.142. The first-order chi connectivity index (χ1) is 14.0. The van der Waals surface area contributed by atoms with Crippen molar-refractivity contribution in [2.75, 3.05) is 19.7 Å². The van der Waals surface area contributed by atoms with E-state index in [9.17, 15) is 24.0 Å². The van der Waals surface area contributed by atoms with E-state index in [1.165, 1.54) is 0 Å². The summed E-state index contributed by atoms with van der Waals surface area (Å²) < 4.78 is 0. The van der Waals surface area contributed by atoms with Crippen molar-refractivity contribution in [1.29, 1.82) is 0 Å². The Bertz CT molecular complexity index is 665. The third-order valence-corrected chi connectivity index (χ3v) is 3.55. The Morgan fingerprint density at radius 3 is 2.10 bits per heavy atom. The normalized spacial score (nSPS) is 13.3. The average Bonchev–Trinajstić information content (AvgIpc) is 2.65. The van der Waals surface area contributed by atoms with Gasteiger partial charge in [0, 0.05) is 6.54 Å². The number of aliphatic hydroxyl groups is 1. The summed E-state index contributed by atoms with van der Waals surface area (Å²) in [7, 11) is 0. The number of hydrogen-bond acceptors (Lipinski definition) is 8. The number of carbonyl (C=O) groups excluding carboxylic acids is 3. The van der Waals surface area contributed by atoms with Crippen LogP contribution in [0.5, 0.6) is 0 Å². The van der Waals surface area contributed by atoms with E-state index in [2.05, 4.69) is 15.6 Å². The Kier molecular flexibility index (Phi) is 12.1. The van der Waals surface area contributed by atoms with Gasteiger partial charge in [0.15, 0.2) is 5.96 Å². The standard InChI is InChI=1S/C15H27N7O8/c16-7(4-11(25)26)12(27)22-8(2-1-3-19-15(17)18)13(28)20-5-10(24)21-9(6-23)14(29)30/h7-9,23H,1-6,16H2,(H,20,28)(H,21,24)(H,22,27)(H,25,26)(H,29,30)(H4,17,18,19). The minimum absolute atomic E-state index is 0.0319. The maximum Gasteiger partial charge on any atom is 0.328 e. The highest BCUT2D eigenvalue weighted by Crippen LogP contribution is 2.01. The number of aliphatic imine (C=N–C) groups is 1. The van der Waals surface area contributed by atoms with Crippen LogP contribution in [0.4, 0.5) is 0 Å². The number of rotatable bonds is 14. The van der Waals surface area contributed by atoms with Gasteiger partial charge in [-0.1, -0.05) is 0 Å². The Morgan fingerprint density at radius 1 is 0.967 bits per heavy atom. The van der Waals surface area contributed by atoms with Crippen LogP contribution in [0.1, 0.15) is 19.3 Å². The van der Waals surface area contributed by atoms with Crippen LogP contribution in [0.25, 0.3) is 0 Å². The molecule has 30 heavy (non-hydrogen) atoms. The summed E-state index contributed by atoms with van der Waals surface area (Å²) in [6, 6.07) is -4.13. The predicted octanol–water partition coefficient (Wildman–Crippen LogP) is -5.00. The minimum atomic E-state index is -1.54. The van der Waals surface area contributed by atoms with E-state index in [1.54, 1.807) is 0 Å². The van der Waals surface area contributed by atoms with E-state index in [0.717, 1.165) is 0 Å². The predicted molar refractivity (Wildman–Crippen MR) is 102 cm³/mol. The first-order valence-corrected chi connectivity index (χ1v) is 8.71. The third-order valence-electron chi connectivity index (χ3n) is 3.55. The highest BCUT2D eigenvalue weighted by molar-refractivity contribution is 5.93. The Labute approximate surface area is 171 Å². The topological polar surface area (TPSA) is 273 Å². The van der Waals surface area contributed by atoms with Gasteiger partial charge >= 0.3 is 11.9 Å². The van der Waals surface area contributed by atoms with E-state index in [4.69, 9.17) is 32.5 Å². The Morgan fingerprint density at radius 2 is 1.60 bits per heavy atom. The van der Waals surface area contributed by atoms with E-state index < -0.39 is 67.4 Å². The molecule has 0 spiro atoms. The molecule has 3 unspecified atom stereocenters. The van der Waals surface area contributed by atoms with Crippen LogP contribution in [0.15, 0.2) is 4.99 Å². The lowest BCUT2D eigenvalue weighted by Gasteiger charge is -2.20. The largest absolute Gasteiger partial charge is 0.481 e. The summed E-state index contributed by atoms with van der Waals surface area (Å²) >= 11 is 0. The van der Waals surface area contributed by atoms with Crippen LogP contribution in [-0.2, 0) is 24.0 Å². The molecule has 0 bridgehead atoms. The van der Waals surface area contributed by atoms with Crippen LogP contribution in [-0.4, -0.2) is 88.8 Å². The SMILES string of the molecule is NC(N)=NCCCC(NC(=O)C(N)CC(=O)O)C(=O)NCC(=O)NC(CO)C(=O)O. The van der Waals surface area contributed by atoms with E-state index in [1.807, 2.05) is 5.32 Å². The molecule has 0 aromatic carbocycles. The molecule has 3 amide bonds. The second-order valence-electron chi connectivity index (χ2n) is 6.07. The number of hydrogen-bond donors (Lipinski definition) is 9. The van der Waals surface area contributed by atoms with Gasteiger partial charge in [0.1, 0.15) is 12.1 Å². The molecular weight excluding hydrogens is 406 g/mol. The Balaban J connectivity index is 4.93. The van der Waals surface area contributed by atoms with E-state index >= 15 is 0 Å². The fourth-order valence-electron chi connectivity index (χ4n) is 2.05. The van der Waals surface area contributed by atoms with Crippen molar-refractivity contribution in [2.45, 2.75) is 37.4 Å². The molecule has 0 heterocycles. The van der Waals surface area contributed by atoms with Gasteiger partial charge in [-0.15, -0.1) is 0 Å². The zero-order valence-electron chi connectivity index (χ0n) is 16.0. The monoisotopic (exact) mass is 433 g/mol. The summed E-state index contributed by atoms with van der Waals surface area (Å²) in [6.07, 6.45) is -0.374. The average molecular weight is 433 g/mol. The van der Waals surface area contributed by atoms with Gasteiger partial charge in [0.2, 0.25) is 17.7 Å². The number of carboxylic acids is 2. The molecule has 12 N–H and O–H groups in total. The zero-order valence-corrected chi connectivity index (χ0v) is 16.0. The molecule has 0 aromatic rings. The molecule has 0 radical (unpaired) electrons. The molecule has 0 saturated carbocycles. The molecule has 0 fully saturated rings. The molecule has 15 heteroatoms. The molecule has 170 valence electrons. The molecule has 15 nitrogen and oxygen atoms in total. The highest BCUT2D eigenvalue weighted by Gasteiger charge is 2.25. The van der Waals surface area contributed by atoms with Crippen molar-refractivity contribution < 1.29 is 39.3 Å². The quantitative estimate of drug-likeness (QED) is 0.0710. The maximum absolute atomic E-state index is 12.3. The molecule has 3 atom stereocenters. The first kappa shape index (κ1) is 26.5. The van der Waals surface area contributed by atoms with Crippen LogP contribution < -0.4 is 33.2 Å². The maximum atomic E-state index is 12.3. The fraction of sp³-hybridized carbons (Fsp3) is 0.600. The number of guanidine groups is 1. The number of nitrogens with two attached hydrogens (primary N) is 3. The van der Waals surface area contributed by atoms with E-state index in [-0.39, 0.29) is 25.3 Å². The summed E-state index contributed by atoms with van der Waals surface area (Å²) in [5.41, 5.74) is 15.8. The zero-order chi connectivity index (χ0) is 23.3. The number of aliphatic carboxylic acids is 2. The lowest BCUT2D eigenvalue weighted by atomic mass is 10.1. The van der Waals surface area contributed by atoms with Crippen LogP contribution in [0.3, 0.4) is 0 Å². The second kappa shape index (κ2) is 13.7. The van der Waals surface area contributed by atoms with Gasteiger partial charge in [-0.05, 0) is 12.8 Å². The van der Waals surface area contributed by atoms with Crippen molar-refractivity contribution in [2.24, 2.45) is 22.2 Å².